The van der Waals surface area contributed by atoms with Gasteiger partial charge in [-0.25, -0.2) is 0 Å². The molecule has 0 unspecified atom stereocenters. The van der Waals surface area contributed by atoms with Crippen LogP contribution in [0.25, 0.3) is 0 Å². The van der Waals surface area contributed by atoms with Crippen molar-refractivity contribution >= 4 is 22.7 Å². The third-order valence-electron chi connectivity index (χ3n) is 3.19. The van der Waals surface area contributed by atoms with E-state index in [0.29, 0.717) is 4.91 Å². The lowest BCUT2D eigenvalue weighted by atomic mass is 10.1. The third-order valence-corrected chi connectivity index (χ3v) is 4.18. The molecule has 18 heavy (non-hydrogen) atoms. The van der Waals surface area contributed by atoms with Gasteiger partial charge in [0.1, 0.15) is 0 Å². The van der Waals surface area contributed by atoms with Gasteiger partial charge in [-0.3, -0.25) is 9.59 Å². The second kappa shape index (κ2) is 9.37. The zero-order valence-corrected chi connectivity index (χ0v) is 12.2. The lowest BCUT2D eigenvalue weighted by Crippen LogP contribution is -1.91. The van der Waals surface area contributed by atoms with Gasteiger partial charge in [0.25, 0.3) is 0 Å². The molecule has 102 valence electrons. The van der Waals surface area contributed by atoms with Crippen molar-refractivity contribution in [1.82, 2.24) is 0 Å². The molecule has 0 amide bonds. The Bertz CT molecular complexity index is 308. The average molecular weight is 268 g/mol. The van der Waals surface area contributed by atoms with E-state index in [-0.39, 0.29) is 17.3 Å². The number of unbranched alkanes of at least 4 members (excludes halogenated alkanes) is 8. The number of hydrogen-bond acceptors (Lipinski definition) is 3. The summed E-state index contributed by atoms with van der Waals surface area (Å²) in [5.41, 5.74) is 0. The smallest absolute Gasteiger partial charge is 0.201 e. The number of ketones is 1. The standard InChI is InChI=1S/C15H24O2S/c1-2-3-4-5-6-7-8-9-10-11-14-13(16)12-15(17)18-14/h11H,2-10,12H2,1H3/b14-11-. The summed E-state index contributed by atoms with van der Waals surface area (Å²) in [6.07, 6.45) is 13.4. The molecule has 0 atom stereocenters. The fraction of sp³-hybridized carbons (Fsp3) is 0.733. The number of allylic oxidation sites excluding steroid dienone is 2. The number of hydrogen-bond donors (Lipinski definition) is 0. The van der Waals surface area contributed by atoms with Crippen molar-refractivity contribution in [3.63, 3.8) is 0 Å². The monoisotopic (exact) mass is 268 g/mol. The molecule has 1 heterocycles. The molecule has 1 saturated heterocycles. The van der Waals surface area contributed by atoms with Gasteiger partial charge in [-0.15, -0.1) is 0 Å². The fourth-order valence-electron chi connectivity index (χ4n) is 2.10. The molecule has 0 radical (unpaired) electrons. The van der Waals surface area contributed by atoms with E-state index < -0.39 is 0 Å². The van der Waals surface area contributed by atoms with E-state index in [1.54, 1.807) is 0 Å². The molecule has 0 aromatic heterocycles. The van der Waals surface area contributed by atoms with Gasteiger partial charge in [-0.2, -0.15) is 0 Å². The molecular weight excluding hydrogens is 244 g/mol. The number of Topliss-reactive ketones (excluding diaryl/α,β-unsaturated/α-hetero) is 1. The van der Waals surface area contributed by atoms with E-state index in [0.717, 1.165) is 24.6 Å². The summed E-state index contributed by atoms with van der Waals surface area (Å²) >= 11 is 1.12. The zero-order chi connectivity index (χ0) is 13.2. The molecule has 0 bridgehead atoms. The molecule has 0 N–H and O–H groups in total. The number of rotatable bonds is 9. The molecule has 1 fully saturated rings. The van der Waals surface area contributed by atoms with Crippen molar-refractivity contribution in [3.05, 3.63) is 11.0 Å². The van der Waals surface area contributed by atoms with Crippen molar-refractivity contribution in [2.75, 3.05) is 0 Å². The second-order valence-corrected chi connectivity index (χ2v) is 6.01. The minimum atomic E-state index is 0.00201. The Balaban J connectivity index is 1.97. The Morgan fingerprint density at radius 3 is 2.17 bits per heavy atom. The van der Waals surface area contributed by atoms with Gasteiger partial charge in [0.05, 0.1) is 11.3 Å². The van der Waals surface area contributed by atoms with Crippen molar-refractivity contribution in [1.29, 1.82) is 0 Å². The van der Waals surface area contributed by atoms with Crippen molar-refractivity contribution in [2.45, 2.75) is 71.1 Å². The second-order valence-electron chi connectivity index (χ2n) is 4.91. The summed E-state index contributed by atoms with van der Waals surface area (Å²) < 4.78 is 0. The first-order valence-electron chi connectivity index (χ1n) is 7.18. The third kappa shape index (κ3) is 6.39. The highest BCUT2D eigenvalue weighted by Gasteiger charge is 2.25. The van der Waals surface area contributed by atoms with Gasteiger partial charge in [0.2, 0.25) is 5.12 Å². The van der Waals surface area contributed by atoms with Crippen LogP contribution in [0, 0.1) is 0 Å². The molecule has 0 aromatic rings. The van der Waals surface area contributed by atoms with Crippen LogP contribution in [-0.4, -0.2) is 10.9 Å². The quantitative estimate of drug-likeness (QED) is 0.347. The molecular formula is C15H24O2S. The Morgan fingerprint density at radius 1 is 1.00 bits per heavy atom. The van der Waals surface area contributed by atoms with E-state index in [2.05, 4.69) is 6.92 Å². The first-order valence-corrected chi connectivity index (χ1v) is 7.99. The van der Waals surface area contributed by atoms with Crippen LogP contribution in [0.2, 0.25) is 0 Å². The van der Waals surface area contributed by atoms with Gasteiger partial charge in [-0.1, -0.05) is 57.9 Å². The Hall–Kier alpha value is -0.570. The molecule has 2 nitrogen and oxygen atoms in total. The van der Waals surface area contributed by atoms with Crippen LogP contribution in [0.1, 0.15) is 71.1 Å². The maximum absolute atomic E-state index is 11.3. The van der Waals surface area contributed by atoms with Crippen LogP contribution in [0.3, 0.4) is 0 Å². The SMILES string of the molecule is CCCCCCCCCC/C=C1\SC(=O)CC1=O. The highest BCUT2D eigenvalue weighted by molar-refractivity contribution is 8.18. The molecule has 3 heteroatoms. The zero-order valence-electron chi connectivity index (χ0n) is 11.4. The Kier molecular flexibility index (Phi) is 8.06. The Labute approximate surface area is 115 Å². The van der Waals surface area contributed by atoms with E-state index in [1.807, 2.05) is 6.08 Å². The molecule has 0 saturated carbocycles. The van der Waals surface area contributed by atoms with Crippen molar-refractivity contribution < 1.29 is 9.59 Å². The maximum Gasteiger partial charge on any atom is 0.201 e. The molecule has 0 spiro atoms. The summed E-state index contributed by atoms with van der Waals surface area (Å²) in [4.78, 5) is 23.1. The lowest BCUT2D eigenvalue weighted by molar-refractivity contribution is -0.119. The number of carbonyl (C=O) groups is 2. The fourth-order valence-corrected chi connectivity index (χ4v) is 2.94. The molecule has 0 aromatic carbocycles. The lowest BCUT2D eigenvalue weighted by Gasteiger charge is -2.00. The normalized spacial score (nSPS) is 17.9. The van der Waals surface area contributed by atoms with Gasteiger partial charge in [0.15, 0.2) is 5.78 Å². The number of thioether (sulfide) groups is 1. The highest BCUT2D eigenvalue weighted by atomic mass is 32.2. The predicted octanol–water partition coefficient (Wildman–Crippen LogP) is 4.63. The maximum atomic E-state index is 11.3. The minimum Gasteiger partial charge on any atom is -0.293 e. The van der Waals surface area contributed by atoms with E-state index in [4.69, 9.17) is 0 Å². The molecule has 1 aliphatic heterocycles. The Morgan fingerprint density at radius 2 is 1.61 bits per heavy atom. The minimum absolute atomic E-state index is 0.00201. The summed E-state index contributed by atoms with van der Waals surface area (Å²) in [6.45, 7) is 2.24. The van der Waals surface area contributed by atoms with Crippen molar-refractivity contribution in [3.8, 4) is 0 Å². The molecule has 0 aliphatic carbocycles. The van der Waals surface area contributed by atoms with Gasteiger partial charge in [-0.05, 0) is 24.6 Å². The van der Waals surface area contributed by atoms with Crippen LogP contribution >= 0.6 is 11.8 Å². The molecule has 1 rings (SSSR count). The van der Waals surface area contributed by atoms with Crippen LogP contribution in [-0.2, 0) is 9.59 Å². The predicted molar refractivity (Wildman–Crippen MR) is 77.5 cm³/mol. The van der Waals surface area contributed by atoms with Crippen LogP contribution < -0.4 is 0 Å². The van der Waals surface area contributed by atoms with Crippen LogP contribution in [0.5, 0.6) is 0 Å². The summed E-state index contributed by atoms with van der Waals surface area (Å²) in [7, 11) is 0. The van der Waals surface area contributed by atoms with Gasteiger partial charge >= 0.3 is 0 Å². The van der Waals surface area contributed by atoms with Crippen LogP contribution in [0.4, 0.5) is 0 Å². The van der Waals surface area contributed by atoms with Gasteiger partial charge < -0.3 is 0 Å². The van der Waals surface area contributed by atoms with E-state index >= 15 is 0 Å². The van der Waals surface area contributed by atoms with E-state index in [1.165, 1.54) is 44.9 Å². The number of carbonyl (C=O) groups excluding carboxylic acids is 2. The summed E-state index contributed by atoms with van der Waals surface area (Å²) in [5.74, 6) is 0.0181. The van der Waals surface area contributed by atoms with E-state index in [9.17, 15) is 9.59 Å². The average Bonchev–Trinajstić information content (AvgIpc) is 2.66. The first-order chi connectivity index (χ1) is 8.74. The first kappa shape index (κ1) is 15.5. The largest absolute Gasteiger partial charge is 0.293 e. The summed E-state index contributed by atoms with van der Waals surface area (Å²) in [5, 5.41) is 0.00201. The summed E-state index contributed by atoms with van der Waals surface area (Å²) in [6, 6.07) is 0. The van der Waals surface area contributed by atoms with Crippen LogP contribution in [0.15, 0.2) is 11.0 Å². The van der Waals surface area contributed by atoms with Crippen molar-refractivity contribution in [2.24, 2.45) is 0 Å². The topological polar surface area (TPSA) is 34.1 Å². The van der Waals surface area contributed by atoms with Gasteiger partial charge in [0, 0.05) is 0 Å². The highest BCUT2D eigenvalue weighted by Crippen LogP contribution is 2.29. The molecule has 1 aliphatic rings.